The van der Waals surface area contributed by atoms with Crippen LogP contribution in [0.3, 0.4) is 0 Å². The number of rotatable bonds is 8. The molecule has 1 unspecified atom stereocenters. The third-order valence-electron chi connectivity index (χ3n) is 5.75. The lowest BCUT2D eigenvalue weighted by Crippen LogP contribution is -2.41. The highest BCUT2D eigenvalue weighted by Gasteiger charge is 2.27. The molecular formula is C25H34N2O2. The highest BCUT2D eigenvalue weighted by Crippen LogP contribution is 2.26. The number of nitrogens with one attached hydrogen (secondary N) is 1. The third-order valence-corrected chi connectivity index (χ3v) is 5.75. The van der Waals surface area contributed by atoms with Gasteiger partial charge in [-0.2, -0.15) is 0 Å². The molecule has 0 aromatic heterocycles. The molecule has 0 radical (unpaired) electrons. The van der Waals surface area contributed by atoms with E-state index in [0.29, 0.717) is 5.92 Å². The molecule has 156 valence electrons. The van der Waals surface area contributed by atoms with Gasteiger partial charge in [-0.15, -0.1) is 0 Å². The summed E-state index contributed by atoms with van der Waals surface area (Å²) < 4.78 is 5.27. The first-order chi connectivity index (χ1) is 14.0. The van der Waals surface area contributed by atoms with E-state index in [4.69, 9.17) is 4.74 Å². The zero-order chi connectivity index (χ0) is 20.6. The van der Waals surface area contributed by atoms with Gasteiger partial charge in [-0.05, 0) is 61.5 Å². The predicted octanol–water partition coefficient (Wildman–Crippen LogP) is 4.81. The zero-order valence-electron chi connectivity index (χ0n) is 17.9. The molecule has 4 heteroatoms. The summed E-state index contributed by atoms with van der Waals surface area (Å²) in [5.74, 6) is 1.66. The molecule has 1 fully saturated rings. The lowest BCUT2D eigenvalue weighted by atomic mass is 9.92. The zero-order valence-corrected chi connectivity index (χ0v) is 17.9. The number of methoxy groups -OCH3 is 1. The summed E-state index contributed by atoms with van der Waals surface area (Å²) in [4.78, 5) is 15.4. The van der Waals surface area contributed by atoms with Crippen molar-refractivity contribution in [2.45, 2.75) is 45.7 Å². The normalized spacial score (nSPS) is 16.6. The first kappa shape index (κ1) is 21.4. The van der Waals surface area contributed by atoms with Crippen molar-refractivity contribution in [3.63, 3.8) is 0 Å². The Kier molecular flexibility index (Phi) is 7.70. The van der Waals surface area contributed by atoms with Crippen LogP contribution in [-0.2, 0) is 11.3 Å². The molecule has 1 amide bonds. The number of likely N-dealkylation sites (tertiary alicyclic amines) is 1. The van der Waals surface area contributed by atoms with Crippen molar-refractivity contribution in [2.75, 3.05) is 20.2 Å². The molecule has 1 atom stereocenters. The van der Waals surface area contributed by atoms with Gasteiger partial charge in [-0.1, -0.05) is 56.3 Å². The van der Waals surface area contributed by atoms with E-state index in [1.54, 1.807) is 7.11 Å². The molecule has 0 spiro atoms. The van der Waals surface area contributed by atoms with E-state index in [2.05, 4.69) is 66.5 Å². The SMILES string of the molecule is COc1ccc(C(CC(C)C)NC(=O)C2CCN(Cc3ccccc3)CC2)cc1. The Bertz CT molecular complexity index is 750. The fraction of sp³-hybridized carbons (Fsp3) is 0.480. The number of piperidine rings is 1. The first-order valence-corrected chi connectivity index (χ1v) is 10.8. The number of carbonyl (C=O) groups excluding carboxylic acids is 1. The lowest BCUT2D eigenvalue weighted by molar-refractivity contribution is -0.127. The minimum Gasteiger partial charge on any atom is -0.497 e. The summed E-state index contributed by atoms with van der Waals surface area (Å²) in [5, 5.41) is 3.34. The Morgan fingerprint density at radius 3 is 2.31 bits per heavy atom. The Hall–Kier alpha value is -2.33. The molecule has 0 aliphatic carbocycles. The van der Waals surface area contributed by atoms with E-state index < -0.39 is 0 Å². The minimum absolute atomic E-state index is 0.0516. The molecule has 1 aliphatic rings. The summed E-state index contributed by atoms with van der Waals surface area (Å²) in [6, 6.07) is 18.7. The smallest absolute Gasteiger partial charge is 0.223 e. The molecule has 2 aromatic rings. The van der Waals surface area contributed by atoms with Crippen molar-refractivity contribution in [3.05, 3.63) is 65.7 Å². The van der Waals surface area contributed by atoms with E-state index in [1.165, 1.54) is 5.56 Å². The van der Waals surface area contributed by atoms with Crippen LogP contribution in [0.2, 0.25) is 0 Å². The summed E-state index contributed by atoms with van der Waals surface area (Å²) >= 11 is 0. The molecule has 1 heterocycles. The summed E-state index contributed by atoms with van der Waals surface area (Å²) in [5.41, 5.74) is 2.49. The van der Waals surface area contributed by atoms with Gasteiger partial charge in [0.1, 0.15) is 5.75 Å². The van der Waals surface area contributed by atoms with Crippen LogP contribution in [0.25, 0.3) is 0 Å². The van der Waals surface area contributed by atoms with Crippen LogP contribution in [0.15, 0.2) is 54.6 Å². The minimum atomic E-state index is 0.0516. The maximum atomic E-state index is 13.0. The number of ether oxygens (including phenoxy) is 1. The molecule has 29 heavy (non-hydrogen) atoms. The van der Waals surface area contributed by atoms with Gasteiger partial charge in [0.25, 0.3) is 0 Å². The van der Waals surface area contributed by atoms with Crippen LogP contribution in [0.5, 0.6) is 5.75 Å². The number of nitrogens with zero attached hydrogens (tertiary/aromatic N) is 1. The number of hydrogen-bond donors (Lipinski definition) is 1. The molecule has 2 aromatic carbocycles. The van der Waals surface area contributed by atoms with Gasteiger partial charge in [0.05, 0.1) is 13.2 Å². The summed E-state index contributed by atoms with van der Waals surface area (Å²) in [6.07, 6.45) is 2.79. The molecule has 3 rings (SSSR count). The van der Waals surface area contributed by atoms with Crippen molar-refractivity contribution in [3.8, 4) is 5.75 Å². The van der Waals surface area contributed by atoms with E-state index in [-0.39, 0.29) is 17.9 Å². The Labute approximate surface area is 175 Å². The number of carbonyl (C=O) groups is 1. The van der Waals surface area contributed by atoms with Crippen molar-refractivity contribution in [2.24, 2.45) is 11.8 Å². The molecular weight excluding hydrogens is 360 g/mol. The molecule has 1 saturated heterocycles. The van der Waals surface area contributed by atoms with Crippen LogP contribution < -0.4 is 10.1 Å². The largest absolute Gasteiger partial charge is 0.497 e. The fourth-order valence-electron chi connectivity index (χ4n) is 4.07. The number of benzene rings is 2. The summed E-state index contributed by atoms with van der Waals surface area (Å²) in [6.45, 7) is 7.32. The quantitative estimate of drug-likeness (QED) is 0.698. The van der Waals surface area contributed by atoms with Crippen molar-refractivity contribution >= 4 is 5.91 Å². The van der Waals surface area contributed by atoms with E-state index >= 15 is 0 Å². The highest BCUT2D eigenvalue weighted by molar-refractivity contribution is 5.79. The van der Waals surface area contributed by atoms with Crippen molar-refractivity contribution in [1.29, 1.82) is 0 Å². The van der Waals surface area contributed by atoms with Crippen molar-refractivity contribution in [1.82, 2.24) is 10.2 Å². The van der Waals surface area contributed by atoms with Gasteiger partial charge in [0.2, 0.25) is 5.91 Å². The second kappa shape index (κ2) is 10.4. The Morgan fingerprint density at radius 2 is 1.72 bits per heavy atom. The Morgan fingerprint density at radius 1 is 1.07 bits per heavy atom. The molecule has 0 bridgehead atoms. The van der Waals surface area contributed by atoms with Crippen molar-refractivity contribution < 1.29 is 9.53 Å². The Balaban J connectivity index is 1.55. The average molecular weight is 395 g/mol. The highest BCUT2D eigenvalue weighted by atomic mass is 16.5. The summed E-state index contributed by atoms with van der Waals surface area (Å²) in [7, 11) is 1.67. The maximum Gasteiger partial charge on any atom is 0.223 e. The third kappa shape index (κ3) is 6.33. The predicted molar refractivity (Wildman–Crippen MR) is 118 cm³/mol. The van der Waals surface area contributed by atoms with Gasteiger partial charge in [0.15, 0.2) is 0 Å². The molecule has 1 aliphatic heterocycles. The van der Waals surface area contributed by atoms with Gasteiger partial charge in [-0.25, -0.2) is 0 Å². The standard InChI is InChI=1S/C25H34N2O2/c1-19(2)17-24(21-9-11-23(29-3)12-10-21)26-25(28)22-13-15-27(16-14-22)18-20-7-5-4-6-8-20/h4-12,19,22,24H,13-18H2,1-3H3,(H,26,28). The van der Waals surface area contributed by atoms with Crippen LogP contribution in [0, 0.1) is 11.8 Å². The maximum absolute atomic E-state index is 13.0. The van der Waals surface area contributed by atoms with Gasteiger partial charge in [-0.3, -0.25) is 9.69 Å². The fourth-order valence-corrected chi connectivity index (χ4v) is 4.07. The lowest BCUT2D eigenvalue weighted by Gasteiger charge is -2.32. The number of amides is 1. The molecule has 1 N–H and O–H groups in total. The molecule has 0 saturated carbocycles. The van der Waals surface area contributed by atoms with E-state index in [9.17, 15) is 4.79 Å². The van der Waals surface area contributed by atoms with Crippen LogP contribution in [0.1, 0.15) is 50.3 Å². The topological polar surface area (TPSA) is 41.6 Å². The average Bonchev–Trinajstić information content (AvgIpc) is 2.74. The number of hydrogen-bond acceptors (Lipinski definition) is 3. The van der Waals surface area contributed by atoms with Crippen LogP contribution in [-0.4, -0.2) is 31.0 Å². The molecule has 4 nitrogen and oxygen atoms in total. The second-order valence-electron chi connectivity index (χ2n) is 8.50. The monoisotopic (exact) mass is 394 g/mol. The second-order valence-corrected chi connectivity index (χ2v) is 8.50. The first-order valence-electron chi connectivity index (χ1n) is 10.8. The van der Waals surface area contributed by atoms with E-state index in [0.717, 1.165) is 50.2 Å². The van der Waals surface area contributed by atoms with Gasteiger partial charge >= 0.3 is 0 Å². The van der Waals surface area contributed by atoms with Gasteiger partial charge < -0.3 is 10.1 Å². The van der Waals surface area contributed by atoms with Crippen LogP contribution in [0.4, 0.5) is 0 Å². The van der Waals surface area contributed by atoms with Crippen LogP contribution >= 0.6 is 0 Å². The van der Waals surface area contributed by atoms with Gasteiger partial charge in [0, 0.05) is 12.5 Å². The van der Waals surface area contributed by atoms with E-state index in [1.807, 2.05) is 12.1 Å².